The van der Waals surface area contributed by atoms with Gasteiger partial charge >= 0.3 is 0 Å². The molecule has 3 rings (SSSR count). The average Bonchev–Trinajstić information content (AvgIpc) is 2.95. The summed E-state index contributed by atoms with van der Waals surface area (Å²) in [6.07, 6.45) is 5.13. The molecule has 1 aliphatic rings. The lowest BCUT2D eigenvalue weighted by atomic mass is 9.96. The van der Waals surface area contributed by atoms with Crippen molar-refractivity contribution in [1.29, 1.82) is 0 Å². The van der Waals surface area contributed by atoms with E-state index in [-0.39, 0.29) is 5.41 Å². The number of anilines is 1. The van der Waals surface area contributed by atoms with Crippen molar-refractivity contribution in [3.05, 3.63) is 18.0 Å². The number of aromatic nitrogens is 4. The Balaban J connectivity index is 1.94. The van der Waals surface area contributed by atoms with Crippen LogP contribution >= 0.6 is 0 Å². The summed E-state index contributed by atoms with van der Waals surface area (Å²) in [4.78, 5) is 0. The molecule has 0 bridgehead atoms. The highest BCUT2D eigenvalue weighted by Gasteiger charge is 2.22. The van der Waals surface area contributed by atoms with E-state index in [0.29, 0.717) is 6.04 Å². The van der Waals surface area contributed by atoms with Crippen molar-refractivity contribution in [3.63, 3.8) is 0 Å². The lowest BCUT2D eigenvalue weighted by molar-refractivity contribution is 0.527. The third kappa shape index (κ3) is 2.41. The minimum absolute atomic E-state index is 0.0571. The van der Waals surface area contributed by atoms with E-state index in [1.807, 2.05) is 16.6 Å². The average molecular weight is 259 g/mol. The van der Waals surface area contributed by atoms with Gasteiger partial charge in [-0.2, -0.15) is 4.52 Å². The van der Waals surface area contributed by atoms with Crippen LogP contribution in [0.2, 0.25) is 0 Å². The first-order valence-electron chi connectivity index (χ1n) is 7.03. The smallest absolute Gasteiger partial charge is 0.178 e. The maximum absolute atomic E-state index is 4.65. The monoisotopic (exact) mass is 259 g/mol. The molecule has 0 radical (unpaired) electrons. The second-order valence-corrected chi connectivity index (χ2v) is 6.39. The Labute approximate surface area is 113 Å². The third-order valence-electron chi connectivity index (χ3n) is 3.64. The summed E-state index contributed by atoms with van der Waals surface area (Å²) in [5.41, 5.74) is 0.750. The molecule has 102 valence electrons. The Bertz CT molecular complexity index is 575. The molecule has 0 amide bonds. The van der Waals surface area contributed by atoms with E-state index in [4.69, 9.17) is 0 Å². The van der Waals surface area contributed by atoms with Gasteiger partial charge < -0.3 is 5.32 Å². The predicted octanol–water partition coefficient (Wildman–Crippen LogP) is 2.78. The van der Waals surface area contributed by atoms with Gasteiger partial charge in [0.2, 0.25) is 0 Å². The van der Waals surface area contributed by atoms with E-state index in [1.165, 1.54) is 25.7 Å². The Hall–Kier alpha value is -1.65. The number of rotatable bonds is 2. The van der Waals surface area contributed by atoms with Gasteiger partial charge in [0.25, 0.3) is 0 Å². The molecule has 0 spiro atoms. The van der Waals surface area contributed by atoms with Crippen LogP contribution in [0.5, 0.6) is 0 Å². The van der Waals surface area contributed by atoms with Crippen LogP contribution in [0.4, 0.5) is 5.82 Å². The van der Waals surface area contributed by atoms with Crippen LogP contribution in [0.15, 0.2) is 12.1 Å². The molecule has 1 fully saturated rings. The van der Waals surface area contributed by atoms with Crippen LogP contribution in [-0.2, 0) is 5.41 Å². The topological polar surface area (TPSA) is 55.1 Å². The number of fused-ring (bicyclic) bond motifs is 1. The highest BCUT2D eigenvalue weighted by atomic mass is 15.4. The standard InChI is InChI=1S/C14H21N5/c1-14(2,3)13-17-16-12-9-8-11(18-19(12)13)15-10-6-4-5-7-10/h8-10H,4-7H2,1-3H3,(H,15,18). The van der Waals surface area contributed by atoms with Gasteiger partial charge in [-0.15, -0.1) is 15.3 Å². The van der Waals surface area contributed by atoms with Gasteiger partial charge in [0.1, 0.15) is 5.82 Å². The van der Waals surface area contributed by atoms with Crippen LogP contribution in [-0.4, -0.2) is 25.9 Å². The van der Waals surface area contributed by atoms with Gasteiger partial charge in [0, 0.05) is 11.5 Å². The molecular weight excluding hydrogens is 238 g/mol. The molecule has 1 N–H and O–H groups in total. The second kappa shape index (κ2) is 4.47. The molecule has 0 saturated heterocycles. The molecule has 1 aliphatic carbocycles. The Morgan fingerprint density at radius 3 is 2.58 bits per heavy atom. The fourth-order valence-electron chi connectivity index (χ4n) is 2.61. The molecule has 2 aromatic rings. The molecule has 0 aromatic carbocycles. The fraction of sp³-hybridized carbons (Fsp3) is 0.643. The first kappa shape index (κ1) is 12.4. The van der Waals surface area contributed by atoms with E-state index >= 15 is 0 Å². The number of nitrogens with one attached hydrogen (secondary N) is 1. The predicted molar refractivity (Wildman–Crippen MR) is 75.4 cm³/mol. The van der Waals surface area contributed by atoms with Gasteiger partial charge in [-0.1, -0.05) is 33.6 Å². The lowest BCUT2D eigenvalue weighted by Gasteiger charge is -2.16. The summed E-state index contributed by atoms with van der Waals surface area (Å²) in [5.74, 6) is 1.82. The third-order valence-corrected chi connectivity index (χ3v) is 3.64. The van der Waals surface area contributed by atoms with Crippen molar-refractivity contribution >= 4 is 11.5 Å². The van der Waals surface area contributed by atoms with Crippen LogP contribution in [0.1, 0.15) is 52.3 Å². The zero-order valence-corrected chi connectivity index (χ0v) is 11.8. The van der Waals surface area contributed by atoms with Crippen molar-refractivity contribution in [1.82, 2.24) is 19.8 Å². The summed E-state index contributed by atoms with van der Waals surface area (Å²) in [6, 6.07) is 4.54. The van der Waals surface area contributed by atoms with Gasteiger partial charge in [0.15, 0.2) is 11.5 Å². The highest BCUT2D eigenvalue weighted by Crippen LogP contribution is 2.23. The van der Waals surface area contributed by atoms with Crippen LogP contribution in [0, 0.1) is 0 Å². The maximum Gasteiger partial charge on any atom is 0.178 e. The number of hydrogen-bond acceptors (Lipinski definition) is 4. The van der Waals surface area contributed by atoms with Gasteiger partial charge in [-0.05, 0) is 25.0 Å². The minimum Gasteiger partial charge on any atom is -0.366 e. The van der Waals surface area contributed by atoms with E-state index in [1.54, 1.807) is 0 Å². The molecule has 19 heavy (non-hydrogen) atoms. The minimum atomic E-state index is -0.0571. The van der Waals surface area contributed by atoms with E-state index < -0.39 is 0 Å². The molecule has 1 saturated carbocycles. The lowest BCUT2D eigenvalue weighted by Crippen LogP contribution is -2.19. The zero-order valence-electron chi connectivity index (χ0n) is 11.8. The van der Waals surface area contributed by atoms with Crippen molar-refractivity contribution in [2.24, 2.45) is 0 Å². The van der Waals surface area contributed by atoms with E-state index in [2.05, 4.69) is 41.4 Å². The van der Waals surface area contributed by atoms with Gasteiger partial charge in [-0.3, -0.25) is 0 Å². The molecular formula is C14H21N5. The summed E-state index contributed by atoms with van der Waals surface area (Å²) in [6.45, 7) is 6.38. The largest absolute Gasteiger partial charge is 0.366 e. The van der Waals surface area contributed by atoms with Gasteiger partial charge in [-0.25, -0.2) is 0 Å². The maximum atomic E-state index is 4.65. The molecule has 0 unspecified atom stereocenters. The number of nitrogens with zero attached hydrogens (tertiary/aromatic N) is 4. The molecule has 5 nitrogen and oxygen atoms in total. The van der Waals surface area contributed by atoms with E-state index in [0.717, 1.165) is 17.3 Å². The SMILES string of the molecule is CC(C)(C)c1nnc2ccc(NC3CCCC3)nn12. The summed E-state index contributed by atoms with van der Waals surface area (Å²) >= 11 is 0. The Morgan fingerprint density at radius 2 is 1.89 bits per heavy atom. The molecule has 5 heteroatoms. The van der Waals surface area contributed by atoms with Crippen molar-refractivity contribution in [2.75, 3.05) is 5.32 Å². The first-order valence-corrected chi connectivity index (χ1v) is 7.03. The van der Waals surface area contributed by atoms with Crippen molar-refractivity contribution < 1.29 is 0 Å². The van der Waals surface area contributed by atoms with Crippen molar-refractivity contribution in [3.8, 4) is 0 Å². The fourth-order valence-corrected chi connectivity index (χ4v) is 2.61. The normalized spacial score (nSPS) is 17.2. The van der Waals surface area contributed by atoms with Gasteiger partial charge in [0.05, 0.1) is 0 Å². The molecule has 0 aliphatic heterocycles. The molecule has 2 heterocycles. The van der Waals surface area contributed by atoms with Crippen LogP contribution < -0.4 is 5.32 Å². The summed E-state index contributed by atoms with van der Waals surface area (Å²) < 4.78 is 1.86. The van der Waals surface area contributed by atoms with Crippen molar-refractivity contribution in [2.45, 2.75) is 57.9 Å². The zero-order chi connectivity index (χ0) is 13.5. The molecule has 0 atom stereocenters. The first-order chi connectivity index (χ1) is 9.04. The molecule has 2 aromatic heterocycles. The summed E-state index contributed by atoms with van der Waals surface area (Å²) in [5, 5.41) is 16.6. The Kier molecular flexibility index (Phi) is 2.92. The summed E-state index contributed by atoms with van der Waals surface area (Å²) in [7, 11) is 0. The Morgan fingerprint density at radius 1 is 1.16 bits per heavy atom. The second-order valence-electron chi connectivity index (χ2n) is 6.39. The van der Waals surface area contributed by atoms with Crippen LogP contribution in [0.25, 0.3) is 5.65 Å². The quantitative estimate of drug-likeness (QED) is 0.901. The van der Waals surface area contributed by atoms with E-state index in [9.17, 15) is 0 Å². The highest BCUT2D eigenvalue weighted by molar-refractivity contribution is 5.45. The van der Waals surface area contributed by atoms with Crippen LogP contribution in [0.3, 0.4) is 0 Å². The number of hydrogen-bond donors (Lipinski definition) is 1.